The highest BCUT2D eigenvalue weighted by atomic mass is 16.4. The average molecular weight is 342 g/mol. The third kappa shape index (κ3) is 5.84. The molecule has 2 atom stereocenters. The molecule has 1 saturated carbocycles. The van der Waals surface area contributed by atoms with Gasteiger partial charge < -0.3 is 5.11 Å². The van der Waals surface area contributed by atoms with Crippen LogP contribution >= 0.6 is 0 Å². The Kier molecular flexibility index (Phi) is 7.42. The van der Waals surface area contributed by atoms with Gasteiger partial charge in [0.2, 0.25) is 0 Å². The van der Waals surface area contributed by atoms with Crippen molar-refractivity contribution in [3.8, 4) is 0 Å². The van der Waals surface area contributed by atoms with Crippen molar-refractivity contribution in [3.63, 3.8) is 0 Å². The molecule has 1 fully saturated rings. The molecule has 0 radical (unpaired) electrons. The summed E-state index contributed by atoms with van der Waals surface area (Å²) >= 11 is 0. The van der Waals surface area contributed by atoms with Gasteiger partial charge in [0.05, 0.1) is 0 Å². The molecule has 1 N–H and O–H groups in total. The molecule has 0 aliphatic heterocycles. The molecule has 136 valence electrons. The number of hydrogen-bond acceptors (Lipinski definition) is 2. The Balaban J connectivity index is 1.85. The minimum atomic E-state index is -0.720. The first-order chi connectivity index (χ1) is 12.0. The second kappa shape index (κ2) is 9.55. The Morgan fingerprint density at radius 2 is 1.96 bits per heavy atom. The van der Waals surface area contributed by atoms with Gasteiger partial charge in [0.25, 0.3) is 0 Å². The van der Waals surface area contributed by atoms with Crippen LogP contribution in [0.15, 0.2) is 24.3 Å². The Morgan fingerprint density at radius 3 is 2.72 bits per heavy atom. The van der Waals surface area contributed by atoms with Crippen molar-refractivity contribution in [1.82, 2.24) is 0 Å². The Morgan fingerprint density at radius 1 is 1.20 bits per heavy atom. The van der Waals surface area contributed by atoms with Crippen molar-refractivity contribution in [2.45, 2.75) is 65.2 Å². The zero-order valence-corrected chi connectivity index (χ0v) is 15.5. The van der Waals surface area contributed by atoms with Gasteiger partial charge in [-0.15, -0.1) is 0 Å². The molecule has 3 heteroatoms. The van der Waals surface area contributed by atoms with E-state index in [1.165, 1.54) is 16.7 Å². The number of carboxylic acid groups (broad SMARTS) is 1. The predicted molar refractivity (Wildman–Crippen MR) is 102 cm³/mol. The molecule has 3 nitrogen and oxygen atoms in total. The molecule has 0 spiro atoms. The van der Waals surface area contributed by atoms with Crippen molar-refractivity contribution in [2.75, 3.05) is 0 Å². The number of ketones is 1. The highest BCUT2D eigenvalue weighted by Gasteiger charge is 2.32. The van der Waals surface area contributed by atoms with Crippen molar-refractivity contribution >= 4 is 17.8 Å². The van der Waals surface area contributed by atoms with E-state index in [0.29, 0.717) is 18.1 Å². The number of allylic oxidation sites excluding steroid dienone is 1. The summed E-state index contributed by atoms with van der Waals surface area (Å²) in [5.41, 5.74) is 3.84. The zero-order valence-electron chi connectivity index (χ0n) is 15.5. The molecule has 0 saturated heterocycles. The van der Waals surface area contributed by atoms with Gasteiger partial charge in [-0.1, -0.05) is 49.6 Å². The first kappa shape index (κ1) is 19.4. The number of unbranched alkanes of at least 4 members (excludes halogenated alkanes) is 3. The van der Waals surface area contributed by atoms with Crippen LogP contribution in [0.4, 0.5) is 0 Å². The summed E-state index contributed by atoms with van der Waals surface area (Å²) in [7, 11) is 0. The molecule has 25 heavy (non-hydrogen) atoms. The highest BCUT2D eigenvalue weighted by molar-refractivity contribution is 5.84. The standard InChI is InChI=1S/C22H30O3/c1-16-8-7-9-18(17(16)2)12-13-19-14-15-21(23)20(19)10-5-3-4-6-11-22(24)25/h7-9,12-13,19-20H,3-6,10-11,14-15H2,1-2H3,(H,24,25)/b13-12+. The van der Waals surface area contributed by atoms with E-state index < -0.39 is 5.97 Å². The molecule has 1 aromatic carbocycles. The van der Waals surface area contributed by atoms with Crippen molar-refractivity contribution in [1.29, 1.82) is 0 Å². The quantitative estimate of drug-likeness (QED) is 0.617. The van der Waals surface area contributed by atoms with Gasteiger partial charge in [-0.05, 0) is 55.7 Å². The summed E-state index contributed by atoms with van der Waals surface area (Å²) in [6.07, 6.45) is 11.0. The minimum absolute atomic E-state index is 0.154. The number of carbonyl (C=O) groups is 2. The van der Waals surface area contributed by atoms with Gasteiger partial charge >= 0.3 is 5.97 Å². The van der Waals surface area contributed by atoms with Crippen LogP contribution in [0, 0.1) is 25.7 Å². The van der Waals surface area contributed by atoms with E-state index in [1.54, 1.807) is 0 Å². The molecular weight excluding hydrogens is 312 g/mol. The Bertz CT molecular complexity index is 630. The number of carbonyl (C=O) groups excluding carboxylic acids is 1. The van der Waals surface area contributed by atoms with Gasteiger partial charge in [0.1, 0.15) is 5.78 Å². The Hall–Kier alpha value is -1.90. The molecule has 0 amide bonds. The van der Waals surface area contributed by atoms with Crippen molar-refractivity contribution < 1.29 is 14.7 Å². The van der Waals surface area contributed by atoms with Crippen LogP contribution in [0.5, 0.6) is 0 Å². The molecule has 0 aromatic heterocycles. The molecule has 1 aliphatic rings. The van der Waals surface area contributed by atoms with Crippen LogP contribution in [0.2, 0.25) is 0 Å². The summed E-state index contributed by atoms with van der Waals surface area (Å²) < 4.78 is 0. The second-order valence-electron chi connectivity index (χ2n) is 7.27. The summed E-state index contributed by atoms with van der Waals surface area (Å²) in [6.45, 7) is 4.27. The maximum Gasteiger partial charge on any atom is 0.303 e. The molecule has 2 unspecified atom stereocenters. The largest absolute Gasteiger partial charge is 0.481 e. The normalized spacial score (nSPS) is 20.5. The number of carboxylic acids is 1. The van der Waals surface area contributed by atoms with Crippen LogP contribution in [0.3, 0.4) is 0 Å². The average Bonchev–Trinajstić information content (AvgIpc) is 2.92. The fourth-order valence-electron chi connectivity index (χ4n) is 3.72. The zero-order chi connectivity index (χ0) is 18.2. The van der Waals surface area contributed by atoms with Gasteiger partial charge in [-0.2, -0.15) is 0 Å². The highest BCUT2D eigenvalue weighted by Crippen LogP contribution is 2.34. The van der Waals surface area contributed by atoms with Gasteiger partial charge in [0, 0.05) is 18.8 Å². The lowest BCUT2D eigenvalue weighted by atomic mass is 9.89. The number of benzene rings is 1. The van der Waals surface area contributed by atoms with E-state index in [0.717, 1.165) is 38.5 Å². The fraction of sp³-hybridized carbons (Fsp3) is 0.545. The maximum atomic E-state index is 12.2. The lowest BCUT2D eigenvalue weighted by molar-refractivity contribution is -0.137. The van der Waals surface area contributed by atoms with Gasteiger partial charge in [-0.3, -0.25) is 9.59 Å². The first-order valence-corrected chi connectivity index (χ1v) is 9.48. The smallest absolute Gasteiger partial charge is 0.303 e. The topological polar surface area (TPSA) is 54.4 Å². The monoisotopic (exact) mass is 342 g/mol. The van der Waals surface area contributed by atoms with Gasteiger partial charge in [0.15, 0.2) is 0 Å². The molecule has 1 aromatic rings. The number of aliphatic carboxylic acids is 1. The number of rotatable bonds is 9. The van der Waals surface area contributed by atoms with E-state index in [1.807, 2.05) is 0 Å². The van der Waals surface area contributed by atoms with E-state index >= 15 is 0 Å². The number of hydrogen-bond donors (Lipinski definition) is 1. The molecule has 1 aliphatic carbocycles. The van der Waals surface area contributed by atoms with Crippen LogP contribution in [0.1, 0.15) is 68.1 Å². The summed E-state index contributed by atoms with van der Waals surface area (Å²) in [5.74, 6) is 0.191. The summed E-state index contributed by atoms with van der Waals surface area (Å²) in [6, 6.07) is 6.34. The summed E-state index contributed by atoms with van der Waals surface area (Å²) in [4.78, 5) is 22.7. The van der Waals surface area contributed by atoms with Crippen molar-refractivity contribution in [3.05, 3.63) is 41.0 Å². The molecule has 0 bridgehead atoms. The molecular formula is C22H30O3. The SMILES string of the molecule is Cc1cccc(/C=C/C2CCC(=O)C2CCCCCCC(=O)O)c1C. The molecule has 2 rings (SSSR count). The van der Waals surface area contributed by atoms with Crippen LogP contribution in [-0.2, 0) is 9.59 Å². The van der Waals surface area contributed by atoms with Crippen molar-refractivity contribution in [2.24, 2.45) is 11.8 Å². The second-order valence-corrected chi connectivity index (χ2v) is 7.27. The maximum absolute atomic E-state index is 12.2. The summed E-state index contributed by atoms with van der Waals surface area (Å²) in [5, 5.41) is 8.65. The van der Waals surface area contributed by atoms with E-state index in [-0.39, 0.29) is 12.3 Å². The van der Waals surface area contributed by atoms with Crippen LogP contribution < -0.4 is 0 Å². The van der Waals surface area contributed by atoms with E-state index in [9.17, 15) is 9.59 Å². The minimum Gasteiger partial charge on any atom is -0.481 e. The van der Waals surface area contributed by atoms with Crippen LogP contribution in [-0.4, -0.2) is 16.9 Å². The van der Waals surface area contributed by atoms with Gasteiger partial charge in [-0.25, -0.2) is 0 Å². The third-order valence-corrected chi connectivity index (χ3v) is 5.48. The molecule has 0 heterocycles. The van der Waals surface area contributed by atoms with Crippen LogP contribution in [0.25, 0.3) is 6.08 Å². The van der Waals surface area contributed by atoms with E-state index in [4.69, 9.17) is 5.11 Å². The number of Topliss-reactive ketones (excluding diaryl/α,β-unsaturated/α-hetero) is 1. The predicted octanol–water partition coefficient (Wildman–Crippen LogP) is 5.34. The lowest BCUT2D eigenvalue weighted by Crippen LogP contribution is -2.13. The lowest BCUT2D eigenvalue weighted by Gasteiger charge is -2.15. The first-order valence-electron chi connectivity index (χ1n) is 9.48. The third-order valence-electron chi connectivity index (χ3n) is 5.48. The Labute approximate surface area is 151 Å². The van der Waals surface area contributed by atoms with E-state index in [2.05, 4.69) is 44.2 Å². The number of aryl methyl sites for hydroxylation is 1. The fourth-order valence-corrected chi connectivity index (χ4v) is 3.72.